The van der Waals surface area contributed by atoms with Crippen LogP contribution in [0.1, 0.15) is 36.2 Å². The quantitative estimate of drug-likeness (QED) is 0.623. The highest BCUT2D eigenvalue weighted by Gasteiger charge is 2.13. The number of carbonyl (C=O) groups excluding carboxylic acids is 1. The van der Waals surface area contributed by atoms with Crippen molar-refractivity contribution in [2.24, 2.45) is 0 Å². The lowest BCUT2D eigenvalue weighted by molar-refractivity contribution is 0.0602. The molecule has 0 aromatic heterocycles. The summed E-state index contributed by atoms with van der Waals surface area (Å²) in [5.41, 5.74) is 8.52. The van der Waals surface area contributed by atoms with Crippen LogP contribution in [0.2, 0.25) is 0 Å². The van der Waals surface area contributed by atoms with Gasteiger partial charge >= 0.3 is 5.97 Å². The fourth-order valence-electron chi connectivity index (χ4n) is 1.55. The number of hydrogen-bond acceptors (Lipinski definition) is 4. The van der Waals surface area contributed by atoms with Gasteiger partial charge in [0.15, 0.2) is 0 Å². The van der Waals surface area contributed by atoms with Crippen LogP contribution in [0.3, 0.4) is 0 Å². The van der Waals surface area contributed by atoms with Gasteiger partial charge in [0.2, 0.25) is 0 Å². The van der Waals surface area contributed by atoms with Gasteiger partial charge in [0.1, 0.15) is 0 Å². The van der Waals surface area contributed by atoms with Crippen molar-refractivity contribution in [2.75, 3.05) is 18.2 Å². The van der Waals surface area contributed by atoms with E-state index in [1.807, 2.05) is 13.0 Å². The number of benzene rings is 1. The van der Waals surface area contributed by atoms with Gasteiger partial charge in [-0.15, -0.1) is 0 Å². The van der Waals surface area contributed by atoms with Gasteiger partial charge in [0.05, 0.1) is 12.7 Å². The summed E-state index contributed by atoms with van der Waals surface area (Å²) in [6.45, 7) is 6.07. The second-order valence-corrected chi connectivity index (χ2v) is 4.20. The fraction of sp³-hybridized carbons (Fsp3) is 0.462. The smallest absolute Gasteiger partial charge is 0.340 e. The van der Waals surface area contributed by atoms with Crippen LogP contribution in [-0.2, 0) is 4.74 Å². The predicted octanol–water partition coefficient (Wildman–Crippen LogP) is 2.57. The molecule has 0 aliphatic carbocycles. The first-order chi connectivity index (χ1) is 7.99. The molecule has 0 heterocycles. The average Bonchev–Trinajstić information content (AvgIpc) is 2.32. The third kappa shape index (κ3) is 3.12. The van der Waals surface area contributed by atoms with Crippen LogP contribution in [0, 0.1) is 6.92 Å². The average molecular weight is 236 g/mol. The van der Waals surface area contributed by atoms with Crippen LogP contribution >= 0.6 is 0 Å². The number of hydrogen-bond donors (Lipinski definition) is 2. The summed E-state index contributed by atoms with van der Waals surface area (Å²) >= 11 is 0. The number of nitrogens with one attached hydrogen (secondary N) is 1. The Bertz CT molecular complexity index is 416. The Morgan fingerprint density at radius 3 is 2.71 bits per heavy atom. The highest BCUT2D eigenvalue weighted by Crippen LogP contribution is 2.24. The topological polar surface area (TPSA) is 64.3 Å². The summed E-state index contributed by atoms with van der Waals surface area (Å²) in [5, 5.41) is 3.32. The lowest BCUT2D eigenvalue weighted by Gasteiger charge is -2.16. The second-order valence-electron chi connectivity index (χ2n) is 4.20. The highest BCUT2D eigenvalue weighted by atomic mass is 16.5. The van der Waals surface area contributed by atoms with Gasteiger partial charge in [-0.05, 0) is 38.0 Å². The SMILES string of the molecule is CCC(C)Nc1cc(C)c(N)c(C(=O)OC)c1. The molecule has 94 valence electrons. The molecule has 4 nitrogen and oxygen atoms in total. The molecule has 0 fully saturated rings. The van der Waals surface area contributed by atoms with Gasteiger partial charge in [-0.1, -0.05) is 6.92 Å². The Morgan fingerprint density at radius 1 is 1.53 bits per heavy atom. The molecule has 1 aromatic carbocycles. The van der Waals surface area contributed by atoms with E-state index >= 15 is 0 Å². The minimum Gasteiger partial charge on any atom is -0.465 e. The van der Waals surface area contributed by atoms with Crippen molar-refractivity contribution in [3.05, 3.63) is 23.3 Å². The monoisotopic (exact) mass is 236 g/mol. The van der Waals surface area contributed by atoms with Gasteiger partial charge in [0, 0.05) is 17.4 Å². The lowest BCUT2D eigenvalue weighted by Crippen LogP contribution is -2.15. The second kappa shape index (κ2) is 5.57. The zero-order valence-corrected chi connectivity index (χ0v) is 10.8. The van der Waals surface area contributed by atoms with Gasteiger partial charge in [0.25, 0.3) is 0 Å². The number of aryl methyl sites for hydroxylation is 1. The van der Waals surface area contributed by atoms with E-state index < -0.39 is 5.97 Å². The van der Waals surface area contributed by atoms with E-state index in [1.165, 1.54) is 7.11 Å². The first kappa shape index (κ1) is 13.4. The maximum atomic E-state index is 11.6. The van der Waals surface area contributed by atoms with Crippen LogP contribution < -0.4 is 11.1 Å². The molecule has 1 aromatic rings. The maximum Gasteiger partial charge on any atom is 0.340 e. The molecule has 0 radical (unpaired) electrons. The minimum absolute atomic E-state index is 0.350. The first-order valence-electron chi connectivity index (χ1n) is 5.74. The number of rotatable bonds is 4. The molecule has 0 bridgehead atoms. The molecule has 4 heteroatoms. The molecule has 1 rings (SSSR count). The zero-order valence-electron chi connectivity index (χ0n) is 10.8. The molecular weight excluding hydrogens is 216 g/mol. The third-order valence-corrected chi connectivity index (χ3v) is 2.82. The minimum atomic E-state index is -0.404. The predicted molar refractivity (Wildman–Crippen MR) is 70.3 cm³/mol. The first-order valence-corrected chi connectivity index (χ1v) is 5.74. The van der Waals surface area contributed by atoms with Crippen LogP contribution in [0.4, 0.5) is 11.4 Å². The molecule has 0 saturated carbocycles. The highest BCUT2D eigenvalue weighted by molar-refractivity contribution is 5.97. The van der Waals surface area contributed by atoms with Gasteiger partial charge in [-0.3, -0.25) is 0 Å². The van der Waals surface area contributed by atoms with Gasteiger partial charge < -0.3 is 15.8 Å². The van der Waals surface area contributed by atoms with E-state index in [4.69, 9.17) is 10.5 Å². The molecule has 0 aliphatic heterocycles. The number of methoxy groups -OCH3 is 1. The number of anilines is 2. The van der Waals surface area contributed by atoms with Crippen LogP contribution in [-0.4, -0.2) is 19.1 Å². The summed E-state index contributed by atoms with van der Waals surface area (Å²) in [4.78, 5) is 11.6. The number of nitrogens with two attached hydrogens (primary N) is 1. The van der Waals surface area contributed by atoms with Crippen molar-refractivity contribution in [3.8, 4) is 0 Å². The molecule has 0 spiro atoms. The van der Waals surface area contributed by atoms with E-state index in [0.717, 1.165) is 17.7 Å². The third-order valence-electron chi connectivity index (χ3n) is 2.82. The van der Waals surface area contributed by atoms with E-state index in [9.17, 15) is 4.79 Å². The molecule has 3 N–H and O–H groups in total. The van der Waals surface area contributed by atoms with Crippen molar-refractivity contribution < 1.29 is 9.53 Å². The normalized spacial score (nSPS) is 12.0. The molecule has 1 unspecified atom stereocenters. The van der Waals surface area contributed by atoms with Crippen molar-refractivity contribution in [2.45, 2.75) is 33.2 Å². The molecule has 0 saturated heterocycles. The van der Waals surface area contributed by atoms with Crippen molar-refractivity contribution in [1.29, 1.82) is 0 Å². The summed E-state index contributed by atoms with van der Waals surface area (Å²) in [6, 6.07) is 4.03. The molecule has 1 atom stereocenters. The number of carbonyl (C=O) groups is 1. The van der Waals surface area contributed by atoms with Crippen LogP contribution in [0.5, 0.6) is 0 Å². The van der Waals surface area contributed by atoms with E-state index in [0.29, 0.717) is 17.3 Å². The Kier molecular flexibility index (Phi) is 4.37. The molecule has 0 amide bonds. The van der Waals surface area contributed by atoms with Gasteiger partial charge in [-0.2, -0.15) is 0 Å². The van der Waals surface area contributed by atoms with Crippen molar-refractivity contribution in [3.63, 3.8) is 0 Å². The zero-order chi connectivity index (χ0) is 13.0. The van der Waals surface area contributed by atoms with Crippen LogP contribution in [0.15, 0.2) is 12.1 Å². The van der Waals surface area contributed by atoms with Crippen LogP contribution in [0.25, 0.3) is 0 Å². The maximum absolute atomic E-state index is 11.6. The van der Waals surface area contributed by atoms with E-state index in [-0.39, 0.29) is 0 Å². The van der Waals surface area contributed by atoms with Crippen molar-refractivity contribution in [1.82, 2.24) is 0 Å². The number of nitrogen functional groups attached to an aromatic ring is 1. The van der Waals surface area contributed by atoms with E-state index in [1.54, 1.807) is 6.07 Å². The Balaban J connectivity index is 3.10. The fourth-order valence-corrected chi connectivity index (χ4v) is 1.55. The molecular formula is C13H20N2O2. The largest absolute Gasteiger partial charge is 0.465 e. The summed E-state index contributed by atoms with van der Waals surface area (Å²) in [7, 11) is 1.35. The van der Waals surface area contributed by atoms with Crippen molar-refractivity contribution >= 4 is 17.3 Å². The summed E-state index contributed by atoms with van der Waals surface area (Å²) in [6.07, 6.45) is 1.01. The number of esters is 1. The standard InChI is InChI=1S/C13H20N2O2/c1-5-9(3)15-10-6-8(2)12(14)11(7-10)13(16)17-4/h6-7,9,15H,5,14H2,1-4H3. The van der Waals surface area contributed by atoms with E-state index in [2.05, 4.69) is 19.2 Å². The Hall–Kier alpha value is -1.71. The molecule has 0 aliphatic rings. The van der Waals surface area contributed by atoms with Gasteiger partial charge in [-0.25, -0.2) is 4.79 Å². The lowest BCUT2D eigenvalue weighted by atomic mass is 10.1. The summed E-state index contributed by atoms with van der Waals surface area (Å²) in [5.74, 6) is -0.404. The number of ether oxygens (including phenoxy) is 1. The Morgan fingerprint density at radius 2 is 2.18 bits per heavy atom. The Labute approximate surface area is 102 Å². The summed E-state index contributed by atoms with van der Waals surface area (Å²) < 4.78 is 4.71. The molecule has 17 heavy (non-hydrogen) atoms.